The Hall–Kier alpha value is -0.570. The van der Waals surface area contributed by atoms with Crippen molar-refractivity contribution in [2.24, 2.45) is 17.0 Å². The standard InChI is InChI=1S/C9H17NO2/c1-6(2)4-8-7(3)9(5-11)12-10-8/h6-7,9,11H,4-5H2,1-3H3/t7-,9+/m0/s1. The molecule has 1 N–H and O–H groups in total. The summed E-state index contributed by atoms with van der Waals surface area (Å²) in [5.74, 6) is 0.879. The van der Waals surface area contributed by atoms with E-state index in [1.54, 1.807) is 0 Å². The summed E-state index contributed by atoms with van der Waals surface area (Å²) < 4.78 is 0. The summed E-state index contributed by atoms with van der Waals surface area (Å²) >= 11 is 0. The second-order valence-corrected chi connectivity index (χ2v) is 3.80. The minimum Gasteiger partial charge on any atom is -0.392 e. The van der Waals surface area contributed by atoms with Crippen LogP contribution < -0.4 is 0 Å². The minimum absolute atomic E-state index is 0.0618. The van der Waals surface area contributed by atoms with Crippen molar-refractivity contribution < 1.29 is 9.94 Å². The molecule has 0 amide bonds. The molecule has 0 aliphatic carbocycles. The highest BCUT2D eigenvalue weighted by atomic mass is 16.6. The van der Waals surface area contributed by atoms with Crippen LogP contribution in [0.25, 0.3) is 0 Å². The Bertz CT molecular complexity index is 177. The van der Waals surface area contributed by atoms with Crippen LogP contribution in [0.5, 0.6) is 0 Å². The van der Waals surface area contributed by atoms with Gasteiger partial charge in [-0.05, 0) is 12.3 Å². The van der Waals surface area contributed by atoms with Crippen LogP contribution >= 0.6 is 0 Å². The van der Waals surface area contributed by atoms with Gasteiger partial charge in [0.15, 0.2) is 6.10 Å². The number of oxime groups is 1. The molecule has 1 heterocycles. The molecule has 12 heavy (non-hydrogen) atoms. The van der Waals surface area contributed by atoms with Crippen molar-refractivity contribution in [3.8, 4) is 0 Å². The summed E-state index contributed by atoms with van der Waals surface area (Å²) in [7, 11) is 0. The van der Waals surface area contributed by atoms with Crippen molar-refractivity contribution in [2.75, 3.05) is 6.61 Å². The van der Waals surface area contributed by atoms with Gasteiger partial charge >= 0.3 is 0 Å². The second-order valence-electron chi connectivity index (χ2n) is 3.80. The van der Waals surface area contributed by atoms with E-state index in [4.69, 9.17) is 9.94 Å². The number of nitrogens with zero attached hydrogens (tertiary/aromatic N) is 1. The van der Waals surface area contributed by atoms with E-state index >= 15 is 0 Å². The van der Waals surface area contributed by atoms with Crippen LogP contribution in [0.1, 0.15) is 27.2 Å². The summed E-state index contributed by atoms with van der Waals surface area (Å²) in [6.07, 6.45) is 0.858. The predicted molar refractivity (Wildman–Crippen MR) is 48.0 cm³/mol. The van der Waals surface area contributed by atoms with E-state index in [1.807, 2.05) is 0 Å². The Morgan fingerprint density at radius 2 is 2.25 bits per heavy atom. The number of hydrogen-bond donors (Lipinski definition) is 1. The van der Waals surface area contributed by atoms with Crippen LogP contribution in [0.3, 0.4) is 0 Å². The van der Waals surface area contributed by atoms with Gasteiger partial charge in [-0.15, -0.1) is 0 Å². The smallest absolute Gasteiger partial charge is 0.158 e. The molecule has 3 heteroatoms. The molecule has 0 aromatic rings. The second kappa shape index (κ2) is 3.90. The highest BCUT2D eigenvalue weighted by Crippen LogP contribution is 2.21. The van der Waals surface area contributed by atoms with Gasteiger partial charge in [0.1, 0.15) is 0 Å². The number of aliphatic hydroxyl groups is 1. The van der Waals surface area contributed by atoms with Crippen molar-refractivity contribution in [1.82, 2.24) is 0 Å². The molecule has 0 spiro atoms. The van der Waals surface area contributed by atoms with Crippen molar-refractivity contribution >= 4 is 5.71 Å². The van der Waals surface area contributed by atoms with E-state index in [0.29, 0.717) is 5.92 Å². The Labute approximate surface area is 73.4 Å². The molecule has 1 aliphatic rings. The van der Waals surface area contributed by atoms with Crippen molar-refractivity contribution in [1.29, 1.82) is 0 Å². The third kappa shape index (κ3) is 1.97. The first-order valence-electron chi connectivity index (χ1n) is 4.48. The largest absolute Gasteiger partial charge is 0.392 e. The van der Waals surface area contributed by atoms with Crippen LogP contribution in [0.4, 0.5) is 0 Å². The van der Waals surface area contributed by atoms with Gasteiger partial charge < -0.3 is 9.94 Å². The van der Waals surface area contributed by atoms with Crippen LogP contribution in [0.15, 0.2) is 5.16 Å². The molecule has 0 fully saturated rings. The van der Waals surface area contributed by atoms with Gasteiger partial charge in [-0.3, -0.25) is 0 Å². The molecule has 1 rings (SSSR count). The van der Waals surface area contributed by atoms with Gasteiger partial charge in [-0.25, -0.2) is 0 Å². The average molecular weight is 171 g/mol. The van der Waals surface area contributed by atoms with Crippen LogP contribution in [-0.4, -0.2) is 23.5 Å². The zero-order valence-corrected chi connectivity index (χ0v) is 7.95. The highest BCUT2D eigenvalue weighted by Gasteiger charge is 2.29. The van der Waals surface area contributed by atoms with E-state index in [9.17, 15) is 0 Å². The molecule has 70 valence electrons. The van der Waals surface area contributed by atoms with Crippen LogP contribution in [0, 0.1) is 11.8 Å². The van der Waals surface area contributed by atoms with E-state index in [1.165, 1.54) is 0 Å². The predicted octanol–water partition coefficient (Wildman–Crippen LogP) is 1.42. The maximum atomic E-state index is 8.89. The fourth-order valence-corrected chi connectivity index (χ4v) is 1.36. The molecule has 0 aromatic heterocycles. The first kappa shape index (κ1) is 9.52. The maximum Gasteiger partial charge on any atom is 0.158 e. The van der Waals surface area contributed by atoms with Crippen LogP contribution in [-0.2, 0) is 4.84 Å². The van der Waals surface area contributed by atoms with E-state index in [0.717, 1.165) is 12.1 Å². The Morgan fingerprint density at radius 1 is 1.58 bits per heavy atom. The van der Waals surface area contributed by atoms with Crippen molar-refractivity contribution in [3.05, 3.63) is 0 Å². The quantitative estimate of drug-likeness (QED) is 0.697. The summed E-state index contributed by atoms with van der Waals surface area (Å²) in [4.78, 5) is 5.07. The summed E-state index contributed by atoms with van der Waals surface area (Å²) in [6, 6.07) is 0. The third-order valence-corrected chi connectivity index (χ3v) is 2.19. The third-order valence-electron chi connectivity index (χ3n) is 2.19. The Balaban J connectivity index is 2.47. The molecular weight excluding hydrogens is 154 g/mol. The number of hydrogen-bond acceptors (Lipinski definition) is 3. The summed E-state index contributed by atoms with van der Waals surface area (Å²) in [6.45, 7) is 6.42. The molecule has 0 bridgehead atoms. The van der Waals surface area contributed by atoms with Gasteiger partial charge in [0.2, 0.25) is 0 Å². The summed E-state index contributed by atoms with van der Waals surface area (Å²) in [5, 5.41) is 12.9. The molecule has 0 radical (unpaired) electrons. The zero-order valence-electron chi connectivity index (χ0n) is 7.95. The van der Waals surface area contributed by atoms with Gasteiger partial charge in [-0.2, -0.15) is 0 Å². The van der Waals surface area contributed by atoms with Crippen LogP contribution in [0.2, 0.25) is 0 Å². The molecular formula is C9H17NO2. The lowest BCUT2D eigenvalue weighted by Gasteiger charge is -2.11. The summed E-state index contributed by atoms with van der Waals surface area (Å²) in [5.41, 5.74) is 1.09. The fraction of sp³-hybridized carbons (Fsp3) is 0.889. The lowest BCUT2D eigenvalue weighted by molar-refractivity contribution is 0.0211. The average Bonchev–Trinajstić information content (AvgIpc) is 2.32. The number of rotatable bonds is 3. The first-order valence-corrected chi connectivity index (χ1v) is 4.48. The lowest BCUT2D eigenvalue weighted by Crippen LogP contribution is -2.24. The monoisotopic (exact) mass is 171 g/mol. The Morgan fingerprint density at radius 3 is 2.67 bits per heavy atom. The van der Waals surface area contributed by atoms with Crippen molar-refractivity contribution in [2.45, 2.75) is 33.3 Å². The van der Waals surface area contributed by atoms with Gasteiger partial charge in [0.25, 0.3) is 0 Å². The SMILES string of the molecule is CC(C)CC1=NO[C@H](CO)[C@H]1C. The fourth-order valence-electron chi connectivity index (χ4n) is 1.36. The molecule has 0 aromatic carbocycles. The zero-order chi connectivity index (χ0) is 9.14. The normalized spacial score (nSPS) is 28.9. The first-order chi connectivity index (χ1) is 5.65. The molecule has 3 nitrogen and oxygen atoms in total. The lowest BCUT2D eigenvalue weighted by atomic mass is 9.94. The van der Waals surface area contributed by atoms with E-state index < -0.39 is 0 Å². The Kier molecular flexibility index (Phi) is 3.09. The minimum atomic E-state index is -0.112. The maximum absolute atomic E-state index is 8.89. The number of aliphatic hydroxyl groups excluding tert-OH is 1. The van der Waals surface area contributed by atoms with E-state index in [2.05, 4.69) is 25.9 Å². The molecule has 0 unspecified atom stereocenters. The van der Waals surface area contributed by atoms with E-state index in [-0.39, 0.29) is 18.6 Å². The van der Waals surface area contributed by atoms with Gasteiger partial charge in [0, 0.05) is 5.92 Å². The highest BCUT2D eigenvalue weighted by molar-refractivity contribution is 5.87. The molecule has 2 atom stereocenters. The molecule has 0 saturated carbocycles. The topological polar surface area (TPSA) is 41.8 Å². The van der Waals surface area contributed by atoms with Crippen molar-refractivity contribution in [3.63, 3.8) is 0 Å². The molecule has 1 aliphatic heterocycles. The van der Waals surface area contributed by atoms with Gasteiger partial charge in [-0.1, -0.05) is 25.9 Å². The van der Waals surface area contributed by atoms with Gasteiger partial charge in [0.05, 0.1) is 12.3 Å². The molecule has 0 saturated heterocycles.